The van der Waals surface area contributed by atoms with E-state index in [1.807, 2.05) is 33.8 Å². The van der Waals surface area contributed by atoms with E-state index in [-0.39, 0.29) is 50.8 Å². The van der Waals surface area contributed by atoms with Crippen LogP contribution in [0.5, 0.6) is 11.5 Å². The fraction of sp³-hybridized carbons (Fsp3) is 0.500. The average molecular weight is 888 g/mol. The molecule has 15 nitrogen and oxygen atoms in total. The van der Waals surface area contributed by atoms with Crippen molar-refractivity contribution in [3.05, 3.63) is 88.4 Å². The zero-order valence-corrected chi connectivity index (χ0v) is 37.7. The summed E-state index contributed by atoms with van der Waals surface area (Å²) in [6, 6.07) is 18.2. The van der Waals surface area contributed by atoms with Gasteiger partial charge in [0.2, 0.25) is 17.7 Å². The molecule has 17 heteroatoms. The smallest absolute Gasteiger partial charge is 0.488 e. The number of carbonyl (C=O) groups is 4. The van der Waals surface area contributed by atoms with Crippen LogP contribution in [0, 0.1) is 27.6 Å². The first kappa shape index (κ1) is 48.9. The van der Waals surface area contributed by atoms with Crippen molar-refractivity contribution in [1.82, 2.24) is 20.9 Å². The highest BCUT2D eigenvalue weighted by molar-refractivity contribution is 6.58. The van der Waals surface area contributed by atoms with E-state index in [2.05, 4.69) is 16.0 Å². The van der Waals surface area contributed by atoms with Gasteiger partial charge in [0.1, 0.15) is 42.4 Å². The zero-order chi connectivity index (χ0) is 46.3. The number of nitrogens with zero attached hydrogens (tertiary/aromatic N) is 2. The van der Waals surface area contributed by atoms with E-state index in [9.17, 15) is 39.6 Å². The second-order valence-corrected chi connectivity index (χ2v) is 18.9. The van der Waals surface area contributed by atoms with E-state index >= 15 is 0 Å². The molecule has 5 rings (SSSR count). The summed E-state index contributed by atoms with van der Waals surface area (Å²) in [6.07, 6.45) is 0.137. The fourth-order valence-corrected chi connectivity index (χ4v) is 8.82. The first-order chi connectivity index (χ1) is 29.6. The van der Waals surface area contributed by atoms with Gasteiger partial charge in [0, 0.05) is 54.6 Å². The third-order valence-electron chi connectivity index (χ3n) is 11.8. The molecule has 6 N–H and O–H groups in total. The molecule has 0 bridgehead atoms. The maximum absolute atomic E-state index is 13.9. The summed E-state index contributed by atoms with van der Waals surface area (Å²) in [7, 11) is -1.61. The average Bonchev–Trinajstić information content (AvgIpc) is 3.63. The first-order valence-electron chi connectivity index (χ1n) is 21.1. The van der Waals surface area contributed by atoms with E-state index in [1.54, 1.807) is 75.4 Å². The lowest BCUT2D eigenvalue weighted by Gasteiger charge is -2.63. The minimum absolute atomic E-state index is 0.0449. The van der Waals surface area contributed by atoms with Crippen molar-refractivity contribution < 1.29 is 48.5 Å². The van der Waals surface area contributed by atoms with E-state index in [0.717, 1.165) is 0 Å². The fourth-order valence-electron chi connectivity index (χ4n) is 8.61. The van der Waals surface area contributed by atoms with Crippen molar-refractivity contribution in [3.8, 4) is 17.6 Å². The molecule has 2 fully saturated rings. The number of β-amino-alcohol motifs (C(OH)–C–C–N with tert-alkyl or cyclic N) is 1. The zero-order valence-electron chi connectivity index (χ0n) is 36.9. The topological polar surface area (TPSA) is 220 Å². The monoisotopic (exact) mass is 887 g/mol. The van der Waals surface area contributed by atoms with Crippen LogP contribution in [-0.2, 0) is 25.7 Å². The number of carbonyl (C=O) groups excluding carboxylic acids is 4. The SMILES string of the molecule is CC1(C)C(NC(=O)c2ccc(OCCCCOCC(=O)N[C@H](C(=O)N3C[C@H](O)CC3C(=O)NCc3ccc(B(O)O)cc3)C(C)(C)C)cc2)C(C)(C)C1Oc1ccc(C#N)c(Cl)c1. The van der Waals surface area contributed by atoms with Gasteiger partial charge in [-0.05, 0) is 65.7 Å². The van der Waals surface area contributed by atoms with E-state index in [1.165, 1.54) is 17.0 Å². The molecule has 0 radical (unpaired) electrons. The Morgan fingerprint density at radius 2 is 1.59 bits per heavy atom. The van der Waals surface area contributed by atoms with E-state index in [0.29, 0.717) is 58.1 Å². The van der Waals surface area contributed by atoms with Gasteiger partial charge in [-0.25, -0.2) is 0 Å². The molecule has 4 amide bonds. The number of nitriles is 1. The standard InChI is InChI=1S/C46H59BClN5O10/c1-44(2,3)38(41(58)53-26-32(54)22-36(53)40(57)50-25-28-10-15-31(16-11-28)47(59)60)51-37(55)27-61-20-8-9-21-62-33-17-12-29(13-18-33)39(56)52-42-45(4,5)43(46(42,6)7)63-34-19-14-30(24-49)35(48)23-34/h10-19,23,32,36,38,42-43,54,59-60H,8-9,20-22,25-27H2,1-7H3,(H,50,57)(H,51,55)(H,52,56)/t32-,36?,38-,42?,43?/m1/s1. The number of amides is 4. The Balaban J connectivity index is 1.01. The third kappa shape index (κ3) is 12.1. The van der Waals surface area contributed by atoms with Crippen molar-refractivity contribution >= 4 is 47.8 Å². The second-order valence-electron chi connectivity index (χ2n) is 18.5. The number of aliphatic hydroxyl groups excluding tert-OH is 1. The number of unbranched alkanes of at least 4 members (excludes halogenated alkanes) is 1. The van der Waals surface area contributed by atoms with Gasteiger partial charge >= 0.3 is 7.12 Å². The summed E-state index contributed by atoms with van der Waals surface area (Å²) < 4.78 is 17.8. The predicted octanol–water partition coefficient (Wildman–Crippen LogP) is 3.49. The quantitative estimate of drug-likeness (QED) is 0.0803. The molecule has 1 saturated heterocycles. The van der Waals surface area contributed by atoms with Crippen molar-refractivity contribution in [2.75, 3.05) is 26.4 Å². The summed E-state index contributed by atoms with van der Waals surface area (Å²) in [5.41, 5.74) is 0.348. The highest BCUT2D eigenvalue weighted by atomic mass is 35.5. The Labute approximate surface area is 374 Å². The molecule has 338 valence electrons. The van der Waals surface area contributed by atoms with Crippen LogP contribution in [-0.4, -0.2) is 108 Å². The molecule has 1 heterocycles. The van der Waals surface area contributed by atoms with Crippen LogP contribution in [0.25, 0.3) is 0 Å². The summed E-state index contributed by atoms with van der Waals surface area (Å²) in [4.78, 5) is 54.7. The number of rotatable bonds is 18. The van der Waals surface area contributed by atoms with Crippen LogP contribution in [0.15, 0.2) is 66.7 Å². The molecule has 1 aliphatic heterocycles. The van der Waals surface area contributed by atoms with Crippen molar-refractivity contribution in [3.63, 3.8) is 0 Å². The summed E-state index contributed by atoms with van der Waals surface area (Å²) in [5.74, 6) is -0.485. The lowest BCUT2D eigenvalue weighted by molar-refractivity contribution is -0.164. The van der Waals surface area contributed by atoms with Gasteiger partial charge in [0.05, 0.1) is 23.3 Å². The normalized spacial score (nSPS) is 20.4. The molecule has 1 aliphatic carbocycles. The summed E-state index contributed by atoms with van der Waals surface area (Å²) >= 11 is 6.22. The number of likely N-dealkylation sites (tertiary alicyclic amines) is 1. The number of hydrogen-bond acceptors (Lipinski definition) is 11. The maximum Gasteiger partial charge on any atom is 0.488 e. The lowest BCUT2D eigenvalue weighted by Crippen LogP contribution is -2.74. The molecule has 1 unspecified atom stereocenters. The van der Waals surface area contributed by atoms with Gasteiger partial charge in [-0.3, -0.25) is 19.2 Å². The van der Waals surface area contributed by atoms with Crippen LogP contribution < -0.4 is 30.9 Å². The van der Waals surface area contributed by atoms with Crippen LogP contribution in [0.3, 0.4) is 0 Å². The van der Waals surface area contributed by atoms with Crippen molar-refractivity contribution in [1.29, 1.82) is 5.26 Å². The number of ether oxygens (including phenoxy) is 3. The molecule has 0 aromatic heterocycles. The highest BCUT2D eigenvalue weighted by Gasteiger charge is 2.64. The highest BCUT2D eigenvalue weighted by Crippen LogP contribution is 2.55. The maximum atomic E-state index is 13.9. The van der Waals surface area contributed by atoms with Gasteiger partial charge in [0.15, 0.2) is 0 Å². The molecule has 3 atom stereocenters. The number of hydrogen-bond donors (Lipinski definition) is 6. The Morgan fingerprint density at radius 3 is 2.19 bits per heavy atom. The summed E-state index contributed by atoms with van der Waals surface area (Å²) in [6.45, 7) is 14.0. The number of benzene rings is 3. The van der Waals surface area contributed by atoms with Crippen LogP contribution in [0.4, 0.5) is 0 Å². The van der Waals surface area contributed by atoms with E-state index < -0.39 is 59.3 Å². The largest absolute Gasteiger partial charge is 0.494 e. The summed E-state index contributed by atoms with van der Waals surface area (Å²) in [5, 5.41) is 47.4. The number of halogens is 1. The van der Waals surface area contributed by atoms with Gasteiger partial charge in [-0.15, -0.1) is 0 Å². The Morgan fingerprint density at radius 1 is 0.952 bits per heavy atom. The van der Waals surface area contributed by atoms with Gasteiger partial charge in [0.25, 0.3) is 5.91 Å². The van der Waals surface area contributed by atoms with Crippen LogP contribution in [0.2, 0.25) is 5.02 Å². The first-order valence-corrected chi connectivity index (χ1v) is 21.5. The number of nitrogens with one attached hydrogen (secondary N) is 3. The molecule has 1 saturated carbocycles. The Bertz CT molecular complexity index is 2120. The molecule has 63 heavy (non-hydrogen) atoms. The van der Waals surface area contributed by atoms with Crippen LogP contribution >= 0.6 is 11.6 Å². The molecular weight excluding hydrogens is 829 g/mol. The minimum atomic E-state index is -1.61. The molecule has 3 aromatic carbocycles. The third-order valence-corrected chi connectivity index (χ3v) is 12.1. The Hall–Kier alpha value is -5.18. The van der Waals surface area contributed by atoms with E-state index in [4.69, 9.17) is 25.8 Å². The van der Waals surface area contributed by atoms with Crippen molar-refractivity contribution in [2.24, 2.45) is 16.2 Å². The molecule has 3 aromatic rings. The van der Waals surface area contributed by atoms with Gasteiger partial charge in [-0.2, -0.15) is 5.26 Å². The molecular formula is C46H59BClN5O10. The van der Waals surface area contributed by atoms with Crippen molar-refractivity contribution in [2.45, 2.75) is 105 Å². The Kier molecular flexibility index (Phi) is 15.9. The minimum Gasteiger partial charge on any atom is -0.494 e. The van der Waals surface area contributed by atoms with Gasteiger partial charge < -0.3 is 50.2 Å². The van der Waals surface area contributed by atoms with Crippen LogP contribution in [0.1, 0.15) is 89.2 Å². The van der Waals surface area contributed by atoms with Gasteiger partial charge in [-0.1, -0.05) is 84.3 Å². The number of aliphatic hydroxyl groups is 1. The predicted molar refractivity (Wildman–Crippen MR) is 237 cm³/mol. The lowest BCUT2D eigenvalue weighted by atomic mass is 9.49. The second kappa shape index (κ2) is 20.6. The molecule has 0 spiro atoms. The molecule has 2 aliphatic rings.